The van der Waals surface area contributed by atoms with Crippen molar-refractivity contribution in [1.29, 1.82) is 0 Å². The summed E-state index contributed by atoms with van der Waals surface area (Å²) in [5.41, 5.74) is 1.36. The molecule has 23 heavy (non-hydrogen) atoms. The summed E-state index contributed by atoms with van der Waals surface area (Å²) in [6, 6.07) is 10.6. The highest BCUT2D eigenvalue weighted by atomic mass is 32.1. The van der Waals surface area contributed by atoms with Crippen molar-refractivity contribution in [3.8, 4) is 0 Å². The summed E-state index contributed by atoms with van der Waals surface area (Å²) in [6.45, 7) is 10.9. The van der Waals surface area contributed by atoms with Gasteiger partial charge in [0.2, 0.25) is 0 Å². The summed E-state index contributed by atoms with van der Waals surface area (Å²) in [6.07, 6.45) is 1.90. The van der Waals surface area contributed by atoms with Crippen molar-refractivity contribution in [2.24, 2.45) is 4.99 Å². The molecule has 4 nitrogen and oxygen atoms in total. The maximum atomic E-state index is 4.66. The Morgan fingerprint density at radius 1 is 1.22 bits per heavy atom. The van der Waals surface area contributed by atoms with Gasteiger partial charge >= 0.3 is 0 Å². The molecule has 0 aliphatic carbocycles. The number of rotatable bonds is 6. The molecule has 0 amide bonds. The zero-order chi connectivity index (χ0) is 16.7. The third-order valence-corrected chi connectivity index (χ3v) is 4.56. The third-order valence-electron chi connectivity index (χ3n) is 3.66. The van der Waals surface area contributed by atoms with E-state index in [1.54, 1.807) is 11.3 Å². The van der Waals surface area contributed by atoms with E-state index in [4.69, 9.17) is 0 Å². The van der Waals surface area contributed by atoms with E-state index in [0.29, 0.717) is 6.54 Å². The van der Waals surface area contributed by atoms with Crippen LogP contribution < -0.4 is 10.6 Å². The fraction of sp³-hybridized carbons (Fsp3) is 0.444. The summed E-state index contributed by atoms with van der Waals surface area (Å²) in [7, 11) is 0. The molecule has 0 saturated heterocycles. The van der Waals surface area contributed by atoms with Gasteiger partial charge < -0.3 is 10.6 Å². The molecule has 5 heteroatoms. The number of benzene rings is 1. The summed E-state index contributed by atoms with van der Waals surface area (Å²) in [5, 5.41) is 7.85. The molecule has 2 rings (SSSR count). The first-order valence-corrected chi connectivity index (χ1v) is 8.82. The highest BCUT2D eigenvalue weighted by Crippen LogP contribution is 2.21. The number of nitrogens with zero attached hydrogens (tertiary/aromatic N) is 2. The van der Waals surface area contributed by atoms with E-state index in [-0.39, 0.29) is 5.41 Å². The van der Waals surface area contributed by atoms with Crippen LogP contribution in [0.25, 0.3) is 0 Å². The predicted molar refractivity (Wildman–Crippen MR) is 99.1 cm³/mol. The van der Waals surface area contributed by atoms with Crippen LogP contribution >= 0.6 is 11.3 Å². The Morgan fingerprint density at radius 2 is 1.96 bits per heavy atom. The molecule has 2 N–H and O–H groups in total. The lowest BCUT2D eigenvalue weighted by Gasteiger charge is -2.26. The van der Waals surface area contributed by atoms with Crippen LogP contribution in [0.1, 0.15) is 36.2 Å². The molecule has 0 saturated carbocycles. The molecule has 1 heterocycles. The molecular formula is C18H26N4S. The van der Waals surface area contributed by atoms with Crippen LogP contribution in [0.15, 0.2) is 41.5 Å². The van der Waals surface area contributed by atoms with Gasteiger partial charge in [0.05, 0.1) is 11.6 Å². The number of thiazole rings is 1. The molecule has 0 aliphatic heterocycles. The Labute approximate surface area is 143 Å². The molecule has 0 radical (unpaired) electrons. The first-order chi connectivity index (χ1) is 11.0. The van der Waals surface area contributed by atoms with Crippen molar-refractivity contribution >= 4 is 17.3 Å². The molecule has 124 valence electrons. The van der Waals surface area contributed by atoms with E-state index < -0.39 is 0 Å². The number of aliphatic imine (C=N–C) groups is 1. The average Bonchev–Trinajstić information content (AvgIpc) is 2.96. The standard InChI is InChI=1S/C18H26N4S/c1-5-19-17(21-12-16-11-20-14(2)23-16)22-13-18(3,4)15-9-7-6-8-10-15/h6-11H,5,12-13H2,1-4H3,(H2,19,21,22). The van der Waals surface area contributed by atoms with Crippen molar-refractivity contribution in [1.82, 2.24) is 15.6 Å². The van der Waals surface area contributed by atoms with Crippen LogP contribution in [0.3, 0.4) is 0 Å². The van der Waals surface area contributed by atoms with E-state index in [2.05, 4.69) is 71.7 Å². The molecule has 0 unspecified atom stereocenters. The first-order valence-electron chi connectivity index (χ1n) is 8.00. The summed E-state index contributed by atoms with van der Waals surface area (Å²) >= 11 is 1.69. The Morgan fingerprint density at radius 3 is 2.57 bits per heavy atom. The van der Waals surface area contributed by atoms with Gasteiger partial charge in [0.25, 0.3) is 0 Å². The maximum Gasteiger partial charge on any atom is 0.191 e. The normalized spacial score (nSPS) is 12.3. The van der Waals surface area contributed by atoms with Gasteiger partial charge in [-0.15, -0.1) is 11.3 Å². The number of aromatic nitrogens is 1. The summed E-state index contributed by atoms with van der Waals surface area (Å²) in [4.78, 5) is 10.1. The monoisotopic (exact) mass is 330 g/mol. The second kappa shape index (κ2) is 8.11. The van der Waals surface area contributed by atoms with Crippen LogP contribution in [0.2, 0.25) is 0 Å². The van der Waals surface area contributed by atoms with Crippen molar-refractivity contribution in [3.63, 3.8) is 0 Å². The number of guanidine groups is 1. The highest BCUT2D eigenvalue weighted by Gasteiger charge is 2.20. The molecule has 1 aromatic carbocycles. The Balaban J connectivity index is 1.98. The van der Waals surface area contributed by atoms with Crippen molar-refractivity contribution in [3.05, 3.63) is 52.0 Å². The SMILES string of the molecule is CCNC(=NCc1cnc(C)s1)NCC(C)(C)c1ccccc1. The Hall–Kier alpha value is -1.88. The van der Waals surface area contributed by atoms with E-state index in [1.165, 1.54) is 10.4 Å². The first kappa shape index (κ1) is 17.5. The Bertz CT molecular complexity index is 631. The fourth-order valence-corrected chi connectivity index (χ4v) is 2.99. The van der Waals surface area contributed by atoms with Gasteiger partial charge in [0.1, 0.15) is 0 Å². The van der Waals surface area contributed by atoms with E-state index in [0.717, 1.165) is 24.1 Å². The zero-order valence-electron chi connectivity index (χ0n) is 14.4. The molecule has 0 spiro atoms. The lowest BCUT2D eigenvalue weighted by molar-refractivity contribution is 0.508. The van der Waals surface area contributed by atoms with E-state index >= 15 is 0 Å². The molecule has 0 aliphatic rings. The topological polar surface area (TPSA) is 49.3 Å². The van der Waals surface area contributed by atoms with Crippen molar-refractivity contribution < 1.29 is 0 Å². The Kier molecular flexibility index (Phi) is 6.16. The maximum absolute atomic E-state index is 4.66. The fourth-order valence-electron chi connectivity index (χ4n) is 2.27. The zero-order valence-corrected chi connectivity index (χ0v) is 15.2. The number of aryl methyl sites for hydroxylation is 1. The number of hydrogen-bond donors (Lipinski definition) is 2. The van der Waals surface area contributed by atoms with Gasteiger partial charge in [-0.3, -0.25) is 0 Å². The third kappa shape index (κ3) is 5.36. The van der Waals surface area contributed by atoms with Gasteiger partial charge in [0, 0.05) is 29.6 Å². The number of nitrogens with one attached hydrogen (secondary N) is 2. The highest BCUT2D eigenvalue weighted by molar-refractivity contribution is 7.11. The molecule has 2 aromatic rings. The van der Waals surface area contributed by atoms with Gasteiger partial charge in [-0.05, 0) is 19.4 Å². The second-order valence-electron chi connectivity index (χ2n) is 6.14. The predicted octanol–water partition coefficient (Wildman–Crippen LogP) is 3.48. The lowest BCUT2D eigenvalue weighted by atomic mass is 9.85. The molecule has 1 aromatic heterocycles. The molecule has 0 fully saturated rings. The molecule has 0 bridgehead atoms. The molecular weight excluding hydrogens is 304 g/mol. The quantitative estimate of drug-likeness (QED) is 0.630. The lowest BCUT2D eigenvalue weighted by Crippen LogP contribution is -2.43. The average molecular weight is 331 g/mol. The minimum atomic E-state index is 0.0402. The van der Waals surface area contributed by atoms with Gasteiger partial charge in [0.15, 0.2) is 5.96 Å². The van der Waals surface area contributed by atoms with E-state index in [1.807, 2.05) is 13.1 Å². The smallest absolute Gasteiger partial charge is 0.191 e. The van der Waals surface area contributed by atoms with Gasteiger partial charge in [-0.1, -0.05) is 44.2 Å². The molecule has 0 atom stereocenters. The van der Waals surface area contributed by atoms with E-state index in [9.17, 15) is 0 Å². The van der Waals surface area contributed by atoms with Crippen LogP contribution in [-0.2, 0) is 12.0 Å². The van der Waals surface area contributed by atoms with Crippen LogP contribution in [0.4, 0.5) is 0 Å². The minimum Gasteiger partial charge on any atom is -0.357 e. The van der Waals surface area contributed by atoms with Gasteiger partial charge in [-0.2, -0.15) is 0 Å². The van der Waals surface area contributed by atoms with Crippen molar-refractivity contribution in [2.45, 2.75) is 39.7 Å². The van der Waals surface area contributed by atoms with Crippen LogP contribution in [-0.4, -0.2) is 24.0 Å². The van der Waals surface area contributed by atoms with Gasteiger partial charge in [-0.25, -0.2) is 9.98 Å². The largest absolute Gasteiger partial charge is 0.357 e. The van der Waals surface area contributed by atoms with Crippen molar-refractivity contribution in [2.75, 3.05) is 13.1 Å². The van der Waals surface area contributed by atoms with Crippen LogP contribution in [0.5, 0.6) is 0 Å². The summed E-state index contributed by atoms with van der Waals surface area (Å²) < 4.78 is 0. The number of hydrogen-bond acceptors (Lipinski definition) is 3. The van der Waals surface area contributed by atoms with Crippen LogP contribution in [0, 0.1) is 6.92 Å². The second-order valence-corrected chi connectivity index (χ2v) is 7.46. The summed E-state index contributed by atoms with van der Waals surface area (Å²) in [5.74, 6) is 0.850. The minimum absolute atomic E-state index is 0.0402.